The zero-order valence-electron chi connectivity index (χ0n) is 15.6. The van der Waals surface area contributed by atoms with Gasteiger partial charge in [0.2, 0.25) is 0 Å². The first-order valence-corrected chi connectivity index (χ1v) is 8.84. The van der Waals surface area contributed by atoms with Crippen molar-refractivity contribution in [1.29, 1.82) is 5.26 Å². The molecular weight excluding hydrogens is 396 g/mol. The van der Waals surface area contributed by atoms with Crippen LogP contribution in [0.15, 0.2) is 54.1 Å². The molecular formula is C19H15F2N7O2. The molecule has 0 bridgehead atoms. The molecule has 0 aliphatic heterocycles. The van der Waals surface area contributed by atoms with E-state index >= 15 is 0 Å². The first-order valence-electron chi connectivity index (χ1n) is 8.84. The number of halogens is 2. The van der Waals surface area contributed by atoms with Gasteiger partial charge in [-0.3, -0.25) is 4.40 Å². The average molecular weight is 411 g/mol. The number of hydrogen-bond acceptors (Lipinski definition) is 6. The van der Waals surface area contributed by atoms with Crippen molar-refractivity contribution in [3.63, 3.8) is 0 Å². The molecule has 2 atom stereocenters. The number of benzene rings is 1. The van der Waals surface area contributed by atoms with Crippen LogP contribution in [-0.2, 0) is 12.1 Å². The monoisotopic (exact) mass is 411 g/mol. The second kappa shape index (κ2) is 7.16. The van der Waals surface area contributed by atoms with Crippen molar-refractivity contribution in [3.05, 3.63) is 82.6 Å². The molecule has 0 spiro atoms. The first kappa shape index (κ1) is 19.4. The second-order valence-corrected chi connectivity index (χ2v) is 6.82. The number of nitrogens with zero attached hydrogens (tertiary/aromatic N) is 7. The summed E-state index contributed by atoms with van der Waals surface area (Å²) >= 11 is 0. The van der Waals surface area contributed by atoms with Gasteiger partial charge in [0.25, 0.3) is 0 Å². The van der Waals surface area contributed by atoms with E-state index in [1.807, 2.05) is 6.07 Å². The Morgan fingerprint density at radius 3 is 2.77 bits per heavy atom. The number of hydrogen-bond donors (Lipinski definition) is 1. The summed E-state index contributed by atoms with van der Waals surface area (Å²) in [7, 11) is 0. The van der Waals surface area contributed by atoms with Gasteiger partial charge in [-0.05, 0) is 19.1 Å². The van der Waals surface area contributed by atoms with E-state index in [2.05, 4.69) is 15.2 Å². The predicted molar refractivity (Wildman–Crippen MR) is 99.2 cm³/mol. The Hall–Kier alpha value is -3.91. The normalized spacial score (nSPS) is 14.4. The van der Waals surface area contributed by atoms with Crippen LogP contribution in [0, 0.1) is 23.0 Å². The maximum absolute atomic E-state index is 14.7. The zero-order valence-corrected chi connectivity index (χ0v) is 15.6. The molecule has 11 heteroatoms. The Morgan fingerprint density at radius 1 is 1.30 bits per heavy atom. The van der Waals surface area contributed by atoms with Gasteiger partial charge in [-0.1, -0.05) is 6.07 Å². The molecule has 9 nitrogen and oxygen atoms in total. The van der Waals surface area contributed by atoms with Crippen molar-refractivity contribution < 1.29 is 13.9 Å². The maximum Gasteiger partial charge on any atom is 0.349 e. The lowest BCUT2D eigenvalue weighted by atomic mass is 9.86. The van der Waals surface area contributed by atoms with Crippen LogP contribution in [0.3, 0.4) is 0 Å². The fraction of sp³-hybridized carbons (Fsp3) is 0.211. The Balaban J connectivity index is 1.88. The summed E-state index contributed by atoms with van der Waals surface area (Å²) in [6, 6.07) is 5.11. The maximum atomic E-state index is 14.7. The highest BCUT2D eigenvalue weighted by molar-refractivity contribution is 5.51. The number of aliphatic hydroxyl groups is 1. The third kappa shape index (κ3) is 3.13. The third-order valence-corrected chi connectivity index (χ3v) is 5.02. The highest BCUT2D eigenvalue weighted by Gasteiger charge is 2.41. The van der Waals surface area contributed by atoms with Crippen molar-refractivity contribution in [2.75, 3.05) is 0 Å². The SMILES string of the molecule is C[C@@H](n1ncc2cc(C#N)cn2c1=O)[C@](O)(Cn1cncn1)c1ccc(F)cc1F. The van der Waals surface area contributed by atoms with Crippen molar-refractivity contribution in [1.82, 2.24) is 28.9 Å². The summed E-state index contributed by atoms with van der Waals surface area (Å²) in [5, 5.41) is 28.7. The van der Waals surface area contributed by atoms with Crippen molar-refractivity contribution in [3.8, 4) is 6.07 Å². The van der Waals surface area contributed by atoms with Gasteiger partial charge in [0.15, 0.2) is 0 Å². The molecule has 0 saturated carbocycles. The van der Waals surface area contributed by atoms with Crippen LogP contribution in [-0.4, -0.2) is 34.1 Å². The average Bonchev–Trinajstić information content (AvgIpc) is 3.37. The Labute approximate surface area is 168 Å². The van der Waals surface area contributed by atoms with Crippen LogP contribution >= 0.6 is 0 Å². The lowest BCUT2D eigenvalue weighted by molar-refractivity contribution is -0.0390. The van der Waals surface area contributed by atoms with E-state index in [0.717, 1.165) is 16.8 Å². The van der Waals surface area contributed by atoms with Gasteiger partial charge < -0.3 is 5.11 Å². The largest absolute Gasteiger partial charge is 0.381 e. The van der Waals surface area contributed by atoms with Gasteiger partial charge >= 0.3 is 5.69 Å². The second-order valence-electron chi connectivity index (χ2n) is 6.82. The summed E-state index contributed by atoms with van der Waals surface area (Å²) in [6.45, 7) is 1.20. The van der Waals surface area contributed by atoms with E-state index in [9.17, 15) is 18.7 Å². The van der Waals surface area contributed by atoms with Gasteiger partial charge in [0, 0.05) is 17.8 Å². The topological polar surface area (TPSA) is 114 Å². The molecule has 1 N–H and O–H groups in total. The van der Waals surface area contributed by atoms with E-state index in [4.69, 9.17) is 5.26 Å². The summed E-state index contributed by atoms with van der Waals surface area (Å²) in [4.78, 5) is 16.8. The zero-order chi connectivity index (χ0) is 21.5. The molecule has 4 aromatic rings. The molecule has 3 heterocycles. The number of rotatable bonds is 5. The molecule has 152 valence electrons. The molecule has 0 saturated heterocycles. The van der Waals surface area contributed by atoms with E-state index in [1.165, 1.54) is 47.1 Å². The van der Waals surface area contributed by atoms with Gasteiger partial charge in [-0.15, -0.1) is 0 Å². The van der Waals surface area contributed by atoms with Crippen molar-refractivity contribution in [2.24, 2.45) is 0 Å². The molecule has 3 aromatic heterocycles. The smallest absolute Gasteiger partial charge is 0.349 e. The van der Waals surface area contributed by atoms with E-state index in [0.29, 0.717) is 11.6 Å². The fourth-order valence-electron chi connectivity index (χ4n) is 3.40. The van der Waals surface area contributed by atoms with Crippen LogP contribution in [0.5, 0.6) is 0 Å². The summed E-state index contributed by atoms with van der Waals surface area (Å²) in [5.74, 6) is -1.79. The van der Waals surface area contributed by atoms with E-state index in [-0.39, 0.29) is 17.7 Å². The summed E-state index contributed by atoms with van der Waals surface area (Å²) in [6.07, 6.45) is 5.27. The van der Waals surface area contributed by atoms with Crippen LogP contribution in [0.2, 0.25) is 0 Å². The minimum Gasteiger partial charge on any atom is -0.381 e. The molecule has 0 radical (unpaired) electrons. The summed E-state index contributed by atoms with van der Waals surface area (Å²) < 4.78 is 31.6. The van der Waals surface area contributed by atoms with Crippen LogP contribution in [0.25, 0.3) is 5.52 Å². The van der Waals surface area contributed by atoms with Gasteiger partial charge in [-0.25, -0.2) is 27.9 Å². The van der Waals surface area contributed by atoms with Crippen LogP contribution in [0.4, 0.5) is 8.78 Å². The number of fused-ring (bicyclic) bond motifs is 1. The Morgan fingerprint density at radius 2 is 2.10 bits per heavy atom. The molecule has 0 fully saturated rings. The molecule has 0 aliphatic carbocycles. The minimum absolute atomic E-state index is 0.231. The Bertz CT molecular complexity index is 1320. The van der Waals surface area contributed by atoms with Crippen LogP contribution in [0.1, 0.15) is 24.1 Å². The summed E-state index contributed by atoms with van der Waals surface area (Å²) in [5.41, 5.74) is -2.25. The van der Waals surface area contributed by atoms with Crippen molar-refractivity contribution in [2.45, 2.75) is 25.1 Å². The predicted octanol–water partition coefficient (Wildman–Crippen LogP) is 1.39. The first-order chi connectivity index (χ1) is 14.3. The standard InChI is InChI=1S/C19H15F2N7O2/c1-12(28-18(29)27-8-13(6-22)4-15(27)7-24-28)19(30,9-26-11-23-10-25-26)16-3-2-14(20)5-17(16)21/h2-5,7-8,10-12,30H,9H2,1H3/t12-,19-/m1/s1. The lowest BCUT2D eigenvalue weighted by Crippen LogP contribution is -2.45. The molecule has 0 unspecified atom stereocenters. The fourth-order valence-corrected chi connectivity index (χ4v) is 3.40. The number of nitriles is 1. The molecule has 4 rings (SSSR count). The van der Waals surface area contributed by atoms with Crippen LogP contribution < -0.4 is 5.69 Å². The van der Waals surface area contributed by atoms with E-state index < -0.39 is 29.0 Å². The highest BCUT2D eigenvalue weighted by atomic mass is 19.1. The molecule has 0 amide bonds. The van der Waals surface area contributed by atoms with Gasteiger partial charge in [0.1, 0.15) is 36.0 Å². The van der Waals surface area contributed by atoms with Crippen molar-refractivity contribution >= 4 is 5.52 Å². The number of aromatic nitrogens is 6. The highest BCUT2D eigenvalue weighted by Crippen LogP contribution is 2.35. The molecule has 0 aliphatic rings. The molecule has 30 heavy (non-hydrogen) atoms. The van der Waals surface area contributed by atoms with Gasteiger partial charge in [-0.2, -0.15) is 15.5 Å². The quantitative estimate of drug-likeness (QED) is 0.531. The third-order valence-electron chi connectivity index (χ3n) is 5.02. The molecule has 1 aromatic carbocycles. The van der Waals surface area contributed by atoms with E-state index in [1.54, 1.807) is 0 Å². The van der Waals surface area contributed by atoms with Gasteiger partial charge in [0.05, 0.1) is 29.9 Å². The minimum atomic E-state index is -2.04. The Kier molecular flexibility index (Phi) is 4.63. The lowest BCUT2D eigenvalue weighted by Gasteiger charge is -2.34.